The Morgan fingerprint density at radius 3 is 2.70 bits per heavy atom. The predicted molar refractivity (Wildman–Crippen MR) is 121 cm³/mol. The first-order valence-corrected chi connectivity index (χ1v) is 10.7. The van der Waals surface area contributed by atoms with Gasteiger partial charge in [-0.05, 0) is 39.6 Å². The van der Waals surface area contributed by atoms with Crippen molar-refractivity contribution in [3.63, 3.8) is 0 Å². The third-order valence-electron chi connectivity index (χ3n) is 6.00. The van der Waals surface area contributed by atoms with E-state index in [-0.39, 0.29) is 5.92 Å². The zero-order chi connectivity index (χ0) is 22.6. The monoisotopic (exact) mass is 441 g/mol. The van der Waals surface area contributed by atoms with E-state index in [4.69, 9.17) is 5.21 Å². The molecule has 33 heavy (non-hydrogen) atoms. The molecule has 4 aromatic rings. The summed E-state index contributed by atoms with van der Waals surface area (Å²) in [6, 6.07) is 16.4. The number of aromatic amines is 2. The summed E-state index contributed by atoms with van der Waals surface area (Å²) in [6.07, 6.45) is 2.96. The molecule has 2 heterocycles. The number of hydrogen-bond acceptors (Lipinski definition) is 6. The van der Waals surface area contributed by atoms with Crippen LogP contribution in [0, 0.1) is 17.8 Å². The van der Waals surface area contributed by atoms with E-state index >= 15 is 0 Å². The molecule has 4 N–H and O–H groups in total. The molecule has 0 aliphatic heterocycles. The molecule has 5 rings (SSSR count). The van der Waals surface area contributed by atoms with Gasteiger partial charge < -0.3 is 4.98 Å². The first-order valence-electron chi connectivity index (χ1n) is 10.7. The van der Waals surface area contributed by atoms with Crippen molar-refractivity contribution in [2.75, 3.05) is 6.54 Å². The summed E-state index contributed by atoms with van der Waals surface area (Å²) < 4.78 is 0. The molecule has 0 spiro atoms. The Morgan fingerprint density at radius 2 is 1.97 bits per heavy atom. The number of fused-ring (bicyclic) bond motifs is 1. The fourth-order valence-electron chi connectivity index (χ4n) is 4.19. The number of rotatable bonds is 9. The van der Waals surface area contributed by atoms with Crippen LogP contribution in [-0.2, 0) is 24.3 Å². The fourth-order valence-corrected chi connectivity index (χ4v) is 4.19. The molecule has 0 fully saturated rings. The van der Waals surface area contributed by atoms with Crippen LogP contribution >= 0.6 is 0 Å². The lowest BCUT2D eigenvalue weighted by Crippen LogP contribution is -2.34. The lowest BCUT2D eigenvalue weighted by molar-refractivity contribution is -0.132. The molecular weight excluding hydrogens is 418 g/mol. The largest absolute Gasteiger partial charge is 0.361 e. The highest BCUT2D eigenvalue weighted by atomic mass is 16.5. The number of hydroxylamine groups is 1. The van der Waals surface area contributed by atoms with Crippen LogP contribution in [0.3, 0.4) is 0 Å². The Morgan fingerprint density at radius 1 is 1.12 bits per heavy atom. The number of nitrogens with one attached hydrogen (secondary N) is 3. The van der Waals surface area contributed by atoms with Crippen molar-refractivity contribution in [2.24, 2.45) is 5.92 Å². The minimum Gasteiger partial charge on any atom is -0.361 e. The van der Waals surface area contributed by atoms with Gasteiger partial charge >= 0.3 is 0 Å². The molecule has 1 amide bonds. The highest BCUT2D eigenvalue weighted by Gasteiger charge is 2.32. The number of para-hydroxylation sites is 1. The van der Waals surface area contributed by atoms with Crippen molar-refractivity contribution >= 4 is 16.8 Å². The first kappa shape index (κ1) is 20.9. The standard InChI is InChI=1S/C24H23N7O2/c32-24(28-33)21-10-9-19(21)17-7-5-16(6-8-17)14-31(15-23-26-29-30-27-23)12-11-18-13-25-22-4-2-1-3-20(18)22/h1-8,13,19,21,25,33H,11-12,14-15H2,(H,28,32)(H,26,27,29,30). The molecule has 2 aromatic carbocycles. The molecule has 2 aromatic heterocycles. The Hall–Kier alpha value is -4.00. The minimum absolute atomic E-state index is 0.190. The SMILES string of the molecule is O=C(NO)C1C#CC1c1ccc(CN(CCc2c[nH]c3ccccc23)Cc2nnn[nH]2)cc1. The zero-order valence-electron chi connectivity index (χ0n) is 17.8. The van der Waals surface area contributed by atoms with Crippen molar-refractivity contribution in [3.05, 3.63) is 77.2 Å². The zero-order valence-corrected chi connectivity index (χ0v) is 17.8. The number of carbonyl (C=O) groups excluding carboxylic acids is 1. The summed E-state index contributed by atoms with van der Waals surface area (Å²) in [7, 11) is 0. The number of nitrogens with zero attached hydrogens (tertiary/aromatic N) is 4. The maximum Gasteiger partial charge on any atom is 0.260 e. The van der Waals surface area contributed by atoms with Crippen LogP contribution < -0.4 is 5.48 Å². The van der Waals surface area contributed by atoms with Gasteiger partial charge in [-0.15, -0.1) is 5.10 Å². The van der Waals surface area contributed by atoms with Crippen LogP contribution in [0.5, 0.6) is 0 Å². The smallest absolute Gasteiger partial charge is 0.260 e. The Labute approximate surface area is 190 Å². The number of amides is 1. The number of aromatic nitrogens is 5. The number of benzene rings is 2. The molecule has 1 aliphatic rings. The van der Waals surface area contributed by atoms with Gasteiger partial charge in [0.2, 0.25) is 0 Å². The Bertz CT molecular complexity index is 1300. The van der Waals surface area contributed by atoms with E-state index in [1.165, 1.54) is 10.9 Å². The van der Waals surface area contributed by atoms with E-state index in [1.807, 2.05) is 18.2 Å². The Balaban J connectivity index is 1.28. The quantitative estimate of drug-likeness (QED) is 0.179. The van der Waals surface area contributed by atoms with Gasteiger partial charge in [-0.25, -0.2) is 10.6 Å². The summed E-state index contributed by atoms with van der Waals surface area (Å²) in [5.41, 5.74) is 6.22. The van der Waals surface area contributed by atoms with E-state index in [0.717, 1.165) is 36.2 Å². The lowest BCUT2D eigenvalue weighted by Gasteiger charge is -2.24. The molecule has 2 unspecified atom stereocenters. The maximum absolute atomic E-state index is 11.7. The van der Waals surface area contributed by atoms with Crippen molar-refractivity contribution in [2.45, 2.75) is 25.4 Å². The highest BCUT2D eigenvalue weighted by Crippen LogP contribution is 2.30. The normalized spacial score (nSPS) is 16.9. The summed E-state index contributed by atoms with van der Waals surface area (Å²) in [6.45, 7) is 2.15. The molecule has 2 atom stereocenters. The van der Waals surface area contributed by atoms with Crippen molar-refractivity contribution in [3.8, 4) is 11.8 Å². The van der Waals surface area contributed by atoms with Gasteiger partial charge in [-0.2, -0.15) is 0 Å². The van der Waals surface area contributed by atoms with E-state index in [1.54, 1.807) is 5.48 Å². The van der Waals surface area contributed by atoms with Crippen molar-refractivity contribution < 1.29 is 10.0 Å². The average Bonchev–Trinajstić information content (AvgIpc) is 3.48. The van der Waals surface area contributed by atoms with E-state index in [9.17, 15) is 4.79 Å². The number of hydrogen-bond donors (Lipinski definition) is 4. The molecule has 0 saturated heterocycles. The van der Waals surface area contributed by atoms with Gasteiger partial charge in [0.1, 0.15) is 5.92 Å². The van der Waals surface area contributed by atoms with Gasteiger partial charge in [-0.3, -0.25) is 14.9 Å². The van der Waals surface area contributed by atoms with Crippen molar-refractivity contribution in [1.29, 1.82) is 0 Å². The molecule has 1 aliphatic carbocycles. The van der Waals surface area contributed by atoms with Gasteiger partial charge in [0.15, 0.2) is 5.82 Å². The molecule has 0 saturated carbocycles. The number of carbonyl (C=O) groups is 1. The fraction of sp³-hybridized carbons (Fsp3) is 0.250. The number of H-pyrrole nitrogens is 2. The minimum atomic E-state index is -0.507. The number of tetrazole rings is 1. The predicted octanol–water partition coefficient (Wildman–Crippen LogP) is 2.15. The van der Waals surface area contributed by atoms with Gasteiger partial charge in [0.05, 0.1) is 12.5 Å². The molecule has 0 bridgehead atoms. The summed E-state index contributed by atoms with van der Waals surface area (Å²) in [5.74, 6) is 5.36. The second kappa shape index (κ2) is 9.24. The summed E-state index contributed by atoms with van der Waals surface area (Å²) in [5, 5.41) is 24.4. The van der Waals surface area contributed by atoms with Crippen LogP contribution in [0.25, 0.3) is 10.9 Å². The van der Waals surface area contributed by atoms with E-state index in [0.29, 0.717) is 12.4 Å². The molecular formula is C24H23N7O2. The lowest BCUT2D eigenvalue weighted by atomic mass is 9.79. The second-order valence-corrected chi connectivity index (χ2v) is 8.13. The van der Waals surface area contributed by atoms with Crippen LogP contribution in [0.1, 0.15) is 28.4 Å². The van der Waals surface area contributed by atoms with E-state index in [2.05, 4.69) is 78.9 Å². The maximum atomic E-state index is 11.7. The topological polar surface area (TPSA) is 123 Å². The molecule has 9 heteroatoms. The summed E-state index contributed by atoms with van der Waals surface area (Å²) in [4.78, 5) is 17.3. The highest BCUT2D eigenvalue weighted by molar-refractivity contribution is 5.84. The first-order chi connectivity index (χ1) is 16.2. The average molecular weight is 441 g/mol. The third kappa shape index (κ3) is 4.48. The Kier molecular flexibility index (Phi) is 5.85. The van der Waals surface area contributed by atoms with Crippen LogP contribution in [-0.4, -0.2) is 48.2 Å². The van der Waals surface area contributed by atoms with Gasteiger partial charge in [0.25, 0.3) is 5.91 Å². The third-order valence-corrected chi connectivity index (χ3v) is 6.00. The van der Waals surface area contributed by atoms with E-state index < -0.39 is 11.8 Å². The molecule has 0 radical (unpaired) electrons. The summed E-state index contributed by atoms with van der Waals surface area (Å²) >= 11 is 0. The molecule has 9 nitrogen and oxygen atoms in total. The van der Waals surface area contributed by atoms with Crippen LogP contribution in [0.4, 0.5) is 0 Å². The van der Waals surface area contributed by atoms with Crippen LogP contribution in [0.2, 0.25) is 0 Å². The second-order valence-electron chi connectivity index (χ2n) is 8.13. The molecule has 166 valence electrons. The van der Waals surface area contributed by atoms with Gasteiger partial charge in [-0.1, -0.05) is 54.3 Å². The van der Waals surface area contributed by atoms with Crippen LogP contribution in [0.15, 0.2) is 54.7 Å². The van der Waals surface area contributed by atoms with Crippen molar-refractivity contribution in [1.82, 2.24) is 36.0 Å². The van der Waals surface area contributed by atoms with Gasteiger partial charge in [0, 0.05) is 30.2 Å².